The van der Waals surface area contributed by atoms with Gasteiger partial charge in [-0.15, -0.1) is 0 Å². The summed E-state index contributed by atoms with van der Waals surface area (Å²) in [7, 11) is 0. The molecule has 1 aromatic rings. The Kier molecular flexibility index (Phi) is 8.38. The monoisotopic (exact) mass is 438 g/mol. The van der Waals surface area contributed by atoms with E-state index in [0.717, 1.165) is 19.4 Å². The number of carbonyl (C=O) groups is 4. The lowest BCUT2D eigenvalue weighted by atomic mass is 9.98. The van der Waals surface area contributed by atoms with Gasteiger partial charge in [-0.3, -0.25) is 19.2 Å². The highest BCUT2D eigenvalue weighted by molar-refractivity contribution is 5.68. The van der Waals surface area contributed by atoms with Crippen LogP contribution in [-0.4, -0.2) is 61.2 Å². The molecule has 1 fully saturated rings. The van der Waals surface area contributed by atoms with Gasteiger partial charge in [-0.2, -0.15) is 0 Å². The summed E-state index contributed by atoms with van der Waals surface area (Å²) in [4.78, 5) is 46.6. The molecule has 0 spiro atoms. The standard InChI is InChI=1S/C21H26O10/c1-11-6-8-16(9-7-11)30-21-20(29-15(5)25)19(28-14(4)24)18(27-13(3)23)17(31-21)10-26-12(2)22/h6-9,17-21H,10H2,1-5H3/t17-,18+,19+,20-,21+/m0/s1. The average Bonchev–Trinajstić information content (AvgIpc) is 2.65. The maximum atomic E-state index is 11.8. The molecule has 0 unspecified atom stereocenters. The van der Waals surface area contributed by atoms with Crippen molar-refractivity contribution in [3.8, 4) is 5.75 Å². The van der Waals surface area contributed by atoms with Crippen molar-refractivity contribution in [2.75, 3.05) is 6.61 Å². The summed E-state index contributed by atoms with van der Waals surface area (Å²) in [6, 6.07) is 6.98. The summed E-state index contributed by atoms with van der Waals surface area (Å²) < 4.78 is 32.7. The second-order valence-corrected chi connectivity index (χ2v) is 7.00. The molecule has 0 radical (unpaired) electrons. The van der Waals surface area contributed by atoms with E-state index in [-0.39, 0.29) is 6.61 Å². The first-order chi connectivity index (χ1) is 14.6. The van der Waals surface area contributed by atoms with E-state index in [1.54, 1.807) is 24.3 Å². The lowest BCUT2D eigenvalue weighted by molar-refractivity contribution is -0.288. The van der Waals surface area contributed by atoms with Crippen molar-refractivity contribution >= 4 is 23.9 Å². The van der Waals surface area contributed by atoms with Crippen LogP contribution in [0.5, 0.6) is 5.75 Å². The first-order valence-corrected chi connectivity index (χ1v) is 9.60. The number of esters is 4. The van der Waals surface area contributed by atoms with Gasteiger partial charge in [0.2, 0.25) is 12.4 Å². The Morgan fingerprint density at radius 1 is 0.774 bits per heavy atom. The van der Waals surface area contributed by atoms with Crippen molar-refractivity contribution in [3.05, 3.63) is 29.8 Å². The highest BCUT2D eigenvalue weighted by Gasteiger charge is 2.53. The minimum absolute atomic E-state index is 0.314. The van der Waals surface area contributed by atoms with Crippen molar-refractivity contribution in [2.24, 2.45) is 0 Å². The second-order valence-electron chi connectivity index (χ2n) is 7.00. The van der Waals surface area contributed by atoms with Crippen molar-refractivity contribution in [2.45, 2.75) is 65.3 Å². The smallest absolute Gasteiger partial charge is 0.303 e. The molecule has 1 aliphatic heterocycles. The predicted octanol–water partition coefficient (Wildman–Crippen LogP) is 1.46. The average molecular weight is 438 g/mol. The molecule has 10 heteroatoms. The van der Waals surface area contributed by atoms with Crippen LogP contribution in [0.15, 0.2) is 24.3 Å². The van der Waals surface area contributed by atoms with Gasteiger partial charge >= 0.3 is 23.9 Å². The van der Waals surface area contributed by atoms with Gasteiger partial charge in [-0.05, 0) is 19.1 Å². The highest BCUT2D eigenvalue weighted by Crippen LogP contribution is 2.31. The van der Waals surface area contributed by atoms with Gasteiger partial charge in [-0.25, -0.2) is 0 Å². The molecule has 1 aromatic carbocycles. The summed E-state index contributed by atoms with van der Waals surface area (Å²) in [6.45, 7) is 6.27. The van der Waals surface area contributed by atoms with E-state index in [0.29, 0.717) is 5.75 Å². The van der Waals surface area contributed by atoms with Crippen molar-refractivity contribution in [3.63, 3.8) is 0 Å². The zero-order valence-electron chi connectivity index (χ0n) is 18.0. The lowest BCUT2D eigenvalue weighted by Gasteiger charge is -2.43. The first-order valence-electron chi connectivity index (χ1n) is 9.60. The third-order valence-electron chi connectivity index (χ3n) is 4.22. The largest absolute Gasteiger partial charge is 0.463 e. The van der Waals surface area contributed by atoms with Gasteiger partial charge in [0.15, 0.2) is 12.2 Å². The van der Waals surface area contributed by atoms with Crippen LogP contribution in [0.25, 0.3) is 0 Å². The maximum Gasteiger partial charge on any atom is 0.303 e. The molecule has 31 heavy (non-hydrogen) atoms. The number of benzene rings is 1. The minimum Gasteiger partial charge on any atom is -0.463 e. The van der Waals surface area contributed by atoms with Gasteiger partial charge < -0.3 is 28.4 Å². The van der Waals surface area contributed by atoms with Crippen LogP contribution >= 0.6 is 0 Å². The van der Waals surface area contributed by atoms with E-state index in [9.17, 15) is 19.2 Å². The zero-order chi connectivity index (χ0) is 23.1. The fourth-order valence-corrected chi connectivity index (χ4v) is 3.03. The summed E-state index contributed by atoms with van der Waals surface area (Å²) in [5.74, 6) is -2.29. The van der Waals surface area contributed by atoms with E-state index in [2.05, 4.69) is 0 Å². The number of hydrogen-bond donors (Lipinski definition) is 0. The Balaban J connectivity index is 2.43. The Morgan fingerprint density at radius 2 is 1.29 bits per heavy atom. The van der Waals surface area contributed by atoms with Gasteiger partial charge in [0.25, 0.3) is 0 Å². The predicted molar refractivity (Wildman–Crippen MR) is 104 cm³/mol. The fourth-order valence-electron chi connectivity index (χ4n) is 3.03. The van der Waals surface area contributed by atoms with Crippen LogP contribution in [0.3, 0.4) is 0 Å². The van der Waals surface area contributed by atoms with Gasteiger partial charge in [0.05, 0.1) is 0 Å². The molecular weight excluding hydrogens is 412 g/mol. The van der Waals surface area contributed by atoms with Gasteiger partial charge in [0, 0.05) is 27.7 Å². The Bertz CT molecular complexity index is 803. The highest BCUT2D eigenvalue weighted by atomic mass is 16.7. The molecule has 1 heterocycles. The molecule has 0 aliphatic carbocycles. The molecule has 0 aromatic heterocycles. The van der Waals surface area contributed by atoms with Crippen molar-refractivity contribution in [1.29, 1.82) is 0 Å². The topological polar surface area (TPSA) is 124 Å². The van der Waals surface area contributed by atoms with Gasteiger partial charge in [0.1, 0.15) is 18.5 Å². The normalized spacial score (nSPS) is 25.1. The van der Waals surface area contributed by atoms with Crippen LogP contribution in [0.4, 0.5) is 0 Å². The molecule has 1 aliphatic rings. The van der Waals surface area contributed by atoms with Crippen LogP contribution in [-0.2, 0) is 42.9 Å². The van der Waals surface area contributed by atoms with Crippen LogP contribution in [0.1, 0.15) is 33.3 Å². The number of carbonyl (C=O) groups excluding carboxylic acids is 4. The molecule has 2 rings (SSSR count). The molecule has 0 N–H and O–H groups in total. The Hall–Kier alpha value is -3.14. The molecular formula is C21H26O10. The first kappa shape index (κ1) is 24.1. The van der Waals surface area contributed by atoms with Gasteiger partial charge in [-0.1, -0.05) is 17.7 Å². The maximum absolute atomic E-state index is 11.8. The van der Waals surface area contributed by atoms with E-state index in [1.807, 2.05) is 6.92 Å². The van der Waals surface area contributed by atoms with Crippen molar-refractivity contribution in [1.82, 2.24) is 0 Å². The minimum atomic E-state index is -1.27. The molecule has 5 atom stereocenters. The van der Waals surface area contributed by atoms with E-state index >= 15 is 0 Å². The summed E-state index contributed by atoms with van der Waals surface area (Å²) in [5.41, 5.74) is 0.994. The SMILES string of the molecule is CC(=O)OC[C@@H]1O[C@@H](Oc2ccc(C)cc2)[C@@H](OC(C)=O)[C@H](OC(C)=O)[C@@H]1OC(C)=O. The Labute approximate surface area is 179 Å². The van der Waals surface area contributed by atoms with Crippen molar-refractivity contribution < 1.29 is 47.6 Å². The van der Waals surface area contributed by atoms with E-state index in [4.69, 9.17) is 28.4 Å². The quantitative estimate of drug-likeness (QED) is 0.456. The van der Waals surface area contributed by atoms with Crippen LogP contribution < -0.4 is 4.74 Å². The molecule has 10 nitrogen and oxygen atoms in total. The second kappa shape index (κ2) is 10.8. The molecule has 0 bridgehead atoms. The number of rotatable bonds is 7. The molecule has 0 saturated carbocycles. The molecule has 1 saturated heterocycles. The number of aryl methyl sites for hydroxylation is 1. The summed E-state index contributed by atoms with van der Waals surface area (Å²) in [6.07, 6.45) is -6.05. The summed E-state index contributed by atoms with van der Waals surface area (Å²) >= 11 is 0. The summed E-state index contributed by atoms with van der Waals surface area (Å²) in [5, 5.41) is 0. The Morgan fingerprint density at radius 3 is 1.81 bits per heavy atom. The van der Waals surface area contributed by atoms with Crippen LogP contribution in [0.2, 0.25) is 0 Å². The van der Waals surface area contributed by atoms with Crippen LogP contribution in [0, 0.1) is 6.92 Å². The van der Waals surface area contributed by atoms with E-state index < -0.39 is 54.6 Å². The number of hydrogen-bond acceptors (Lipinski definition) is 10. The van der Waals surface area contributed by atoms with E-state index in [1.165, 1.54) is 13.8 Å². The number of ether oxygens (including phenoxy) is 6. The third-order valence-corrected chi connectivity index (χ3v) is 4.22. The third kappa shape index (κ3) is 7.25. The fraction of sp³-hybridized carbons (Fsp3) is 0.524. The molecule has 170 valence electrons. The zero-order valence-corrected chi connectivity index (χ0v) is 18.0. The lowest BCUT2D eigenvalue weighted by Crippen LogP contribution is -2.63. The molecule has 0 amide bonds.